The third-order valence-corrected chi connectivity index (χ3v) is 4.36. The van der Waals surface area contributed by atoms with Crippen molar-refractivity contribution in [2.45, 2.75) is 64.5 Å². The Morgan fingerprint density at radius 2 is 2.00 bits per heavy atom. The zero-order valence-electron chi connectivity index (χ0n) is 13.5. The summed E-state index contributed by atoms with van der Waals surface area (Å²) in [6.45, 7) is 6.12. The topological polar surface area (TPSA) is 41.5 Å². The van der Waals surface area contributed by atoms with Gasteiger partial charge < -0.3 is 15.2 Å². The molecule has 0 saturated heterocycles. The molecular formula is C17H31NO2S. The van der Waals surface area contributed by atoms with Gasteiger partial charge in [0.1, 0.15) is 0 Å². The zero-order valence-corrected chi connectivity index (χ0v) is 14.3. The van der Waals surface area contributed by atoms with Gasteiger partial charge in [-0.1, -0.05) is 39.0 Å². The van der Waals surface area contributed by atoms with E-state index in [1.54, 1.807) is 11.3 Å². The van der Waals surface area contributed by atoms with Crippen molar-refractivity contribution >= 4 is 11.3 Å². The van der Waals surface area contributed by atoms with Crippen LogP contribution in [0.15, 0.2) is 16.8 Å². The zero-order chi connectivity index (χ0) is 15.3. The predicted molar refractivity (Wildman–Crippen MR) is 90.9 cm³/mol. The summed E-state index contributed by atoms with van der Waals surface area (Å²) in [5.41, 5.74) is 1.28. The van der Waals surface area contributed by atoms with Gasteiger partial charge in [-0.2, -0.15) is 11.3 Å². The molecule has 21 heavy (non-hydrogen) atoms. The van der Waals surface area contributed by atoms with Crippen molar-refractivity contribution in [1.82, 2.24) is 5.32 Å². The molecule has 3 nitrogen and oxygen atoms in total. The largest absolute Gasteiger partial charge is 0.389 e. The SMILES string of the molecule is CCCCCCCCOCC(O)CNC(C)c1ccsc1. The fraction of sp³-hybridized carbons (Fsp3) is 0.765. The Kier molecular flexibility index (Phi) is 10.8. The van der Waals surface area contributed by atoms with Crippen LogP contribution in [-0.2, 0) is 4.74 Å². The second kappa shape index (κ2) is 12.2. The number of aliphatic hydroxyl groups is 1. The van der Waals surface area contributed by atoms with E-state index in [4.69, 9.17) is 4.74 Å². The number of rotatable bonds is 13. The lowest BCUT2D eigenvalue weighted by Gasteiger charge is -2.16. The summed E-state index contributed by atoms with van der Waals surface area (Å²) < 4.78 is 5.54. The highest BCUT2D eigenvalue weighted by atomic mass is 32.1. The van der Waals surface area contributed by atoms with Crippen molar-refractivity contribution in [2.24, 2.45) is 0 Å². The van der Waals surface area contributed by atoms with Gasteiger partial charge in [0.2, 0.25) is 0 Å². The minimum atomic E-state index is -0.425. The van der Waals surface area contributed by atoms with Crippen LogP contribution >= 0.6 is 11.3 Å². The summed E-state index contributed by atoms with van der Waals surface area (Å²) in [7, 11) is 0. The Balaban J connectivity index is 1.93. The first-order chi connectivity index (χ1) is 10.2. The van der Waals surface area contributed by atoms with Gasteiger partial charge in [0.05, 0.1) is 12.7 Å². The first kappa shape index (κ1) is 18.6. The molecule has 2 atom stereocenters. The molecule has 0 aliphatic heterocycles. The molecule has 0 aliphatic carbocycles. The van der Waals surface area contributed by atoms with Crippen LogP contribution in [0.25, 0.3) is 0 Å². The van der Waals surface area contributed by atoms with Gasteiger partial charge in [0.25, 0.3) is 0 Å². The van der Waals surface area contributed by atoms with E-state index < -0.39 is 6.10 Å². The molecule has 0 bridgehead atoms. The molecule has 0 radical (unpaired) electrons. The highest BCUT2D eigenvalue weighted by Crippen LogP contribution is 2.15. The fourth-order valence-electron chi connectivity index (χ4n) is 2.21. The monoisotopic (exact) mass is 313 g/mol. The van der Waals surface area contributed by atoms with Crippen molar-refractivity contribution in [3.8, 4) is 0 Å². The Morgan fingerprint density at radius 1 is 1.24 bits per heavy atom. The molecular weight excluding hydrogens is 282 g/mol. The molecule has 1 aromatic heterocycles. The predicted octanol–water partition coefficient (Wildman–Crippen LogP) is 4.14. The van der Waals surface area contributed by atoms with Crippen LogP contribution in [0.1, 0.15) is 64.0 Å². The van der Waals surface area contributed by atoms with Crippen LogP contribution in [0.2, 0.25) is 0 Å². The molecule has 0 fully saturated rings. The number of nitrogens with one attached hydrogen (secondary N) is 1. The summed E-state index contributed by atoms with van der Waals surface area (Å²) in [6, 6.07) is 2.40. The minimum Gasteiger partial charge on any atom is -0.389 e. The average Bonchev–Trinajstić information content (AvgIpc) is 3.02. The minimum absolute atomic E-state index is 0.282. The van der Waals surface area contributed by atoms with Crippen molar-refractivity contribution in [1.29, 1.82) is 0 Å². The Labute approximate surface area is 133 Å². The van der Waals surface area contributed by atoms with Gasteiger partial charge >= 0.3 is 0 Å². The van der Waals surface area contributed by atoms with Crippen molar-refractivity contribution < 1.29 is 9.84 Å². The smallest absolute Gasteiger partial charge is 0.0897 e. The van der Waals surface area contributed by atoms with Gasteiger partial charge in [0.15, 0.2) is 0 Å². The Bertz CT molecular complexity index is 330. The summed E-state index contributed by atoms with van der Waals surface area (Å²) >= 11 is 1.70. The first-order valence-electron chi connectivity index (χ1n) is 8.25. The van der Waals surface area contributed by atoms with Gasteiger partial charge in [-0.25, -0.2) is 0 Å². The maximum absolute atomic E-state index is 9.88. The Morgan fingerprint density at radius 3 is 2.71 bits per heavy atom. The number of hydrogen-bond donors (Lipinski definition) is 2. The van der Waals surface area contributed by atoms with Crippen LogP contribution in [0.4, 0.5) is 0 Å². The number of unbranched alkanes of at least 4 members (excludes halogenated alkanes) is 5. The number of aliphatic hydroxyl groups excluding tert-OH is 1. The number of ether oxygens (including phenoxy) is 1. The van der Waals surface area contributed by atoms with E-state index in [1.807, 2.05) is 0 Å². The van der Waals surface area contributed by atoms with E-state index in [0.717, 1.165) is 13.0 Å². The third kappa shape index (κ3) is 9.25. The summed E-state index contributed by atoms with van der Waals surface area (Å²) in [4.78, 5) is 0. The van der Waals surface area contributed by atoms with Crippen LogP contribution in [0.5, 0.6) is 0 Å². The van der Waals surface area contributed by atoms with E-state index in [1.165, 1.54) is 37.7 Å². The molecule has 0 amide bonds. The number of hydrogen-bond acceptors (Lipinski definition) is 4. The van der Waals surface area contributed by atoms with Crippen LogP contribution < -0.4 is 5.32 Å². The fourth-order valence-corrected chi connectivity index (χ4v) is 2.97. The second-order valence-electron chi connectivity index (χ2n) is 5.68. The van der Waals surface area contributed by atoms with Crippen LogP contribution in [0, 0.1) is 0 Å². The molecule has 122 valence electrons. The molecule has 2 unspecified atom stereocenters. The second-order valence-corrected chi connectivity index (χ2v) is 6.46. The van der Waals surface area contributed by atoms with E-state index in [0.29, 0.717) is 13.2 Å². The maximum Gasteiger partial charge on any atom is 0.0897 e. The molecule has 0 spiro atoms. The molecule has 1 aromatic rings. The highest BCUT2D eigenvalue weighted by Gasteiger charge is 2.09. The summed E-state index contributed by atoms with van der Waals surface area (Å²) in [5, 5.41) is 17.4. The van der Waals surface area contributed by atoms with Crippen molar-refractivity contribution in [2.75, 3.05) is 19.8 Å². The quantitative estimate of drug-likeness (QED) is 0.538. The van der Waals surface area contributed by atoms with Crippen LogP contribution in [-0.4, -0.2) is 31.0 Å². The first-order valence-corrected chi connectivity index (χ1v) is 9.19. The third-order valence-electron chi connectivity index (χ3n) is 3.66. The molecule has 0 aliphatic rings. The molecule has 0 aromatic carbocycles. The lowest BCUT2D eigenvalue weighted by atomic mass is 10.1. The molecule has 1 rings (SSSR count). The van der Waals surface area contributed by atoms with E-state index >= 15 is 0 Å². The number of thiophene rings is 1. The molecule has 2 N–H and O–H groups in total. The Hall–Kier alpha value is -0.420. The van der Waals surface area contributed by atoms with Crippen LogP contribution in [0.3, 0.4) is 0 Å². The lowest BCUT2D eigenvalue weighted by molar-refractivity contribution is 0.0343. The normalized spacial score (nSPS) is 14.2. The summed E-state index contributed by atoms with van der Waals surface area (Å²) in [5.74, 6) is 0. The standard InChI is InChI=1S/C17H31NO2S/c1-3-4-5-6-7-8-10-20-13-17(19)12-18-15(2)16-9-11-21-14-16/h9,11,14-15,17-19H,3-8,10,12-13H2,1-2H3. The van der Waals surface area contributed by atoms with E-state index in [9.17, 15) is 5.11 Å². The van der Waals surface area contributed by atoms with Gasteiger partial charge in [-0.3, -0.25) is 0 Å². The van der Waals surface area contributed by atoms with Gasteiger partial charge in [-0.05, 0) is 35.7 Å². The maximum atomic E-state index is 9.88. The average molecular weight is 314 g/mol. The highest BCUT2D eigenvalue weighted by molar-refractivity contribution is 7.07. The van der Waals surface area contributed by atoms with E-state index in [-0.39, 0.29) is 6.04 Å². The van der Waals surface area contributed by atoms with E-state index in [2.05, 4.69) is 36.0 Å². The summed E-state index contributed by atoms with van der Waals surface area (Å²) in [6.07, 6.45) is 7.19. The molecule has 4 heteroatoms. The van der Waals surface area contributed by atoms with Gasteiger partial charge in [-0.15, -0.1) is 0 Å². The molecule has 0 saturated carbocycles. The van der Waals surface area contributed by atoms with Crippen molar-refractivity contribution in [3.05, 3.63) is 22.4 Å². The lowest BCUT2D eigenvalue weighted by Crippen LogP contribution is -2.32. The van der Waals surface area contributed by atoms with Crippen molar-refractivity contribution in [3.63, 3.8) is 0 Å². The molecule has 1 heterocycles. The van der Waals surface area contributed by atoms with Gasteiger partial charge in [0, 0.05) is 19.2 Å².